The number of hydrogen-bond acceptors (Lipinski definition) is 3. The zero-order valence-corrected chi connectivity index (χ0v) is 18.2. The fraction of sp³-hybridized carbons (Fsp3) is 0.364. The Morgan fingerprint density at radius 1 is 1.07 bits per heavy atom. The Hall–Kier alpha value is -2.24. The number of halogens is 2. The van der Waals surface area contributed by atoms with E-state index in [1.807, 2.05) is 37.3 Å². The van der Waals surface area contributed by atoms with Gasteiger partial charge in [0.25, 0.3) is 0 Å². The minimum atomic E-state index is -0.602. The summed E-state index contributed by atoms with van der Waals surface area (Å²) in [6, 6.07) is 14.0. The van der Waals surface area contributed by atoms with Crippen LogP contribution in [0.15, 0.2) is 48.5 Å². The van der Waals surface area contributed by atoms with Crippen molar-refractivity contribution in [3.63, 3.8) is 0 Å². The van der Waals surface area contributed by atoms with Crippen LogP contribution in [0, 0.1) is 0 Å². The predicted molar refractivity (Wildman–Crippen MR) is 116 cm³/mol. The molecule has 0 aromatic heterocycles. The lowest BCUT2D eigenvalue weighted by molar-refractivity contribution is -0.141. The molecule has 0 unspecified atom stereocenters. The summed E-state index contributed by atoms with van der Waals surface area (Å²) in [6.45, 7) is 2.45. The van der Waals surface area contributed by atoms with Crippen LogP contribution in [-0.2, 0) is 16.1 Å². The molecule has 7 heteroatoms. The van der Waals surface area contributed by atoms with Gasteiger partial charge >= 0.3 is 0 Å². The van der Waals surface area contributed by atoms with Crippen LogP contribution in [0.2, 0.25) is 10.0 Å². The normalized spacial score (nSPS) is 11.6. The quantitative estimate of drug-likeness (QED) is 0.548. The number of ether oxygens (including phenoxy) is 1. The van der Waals surface area contributed by atoms with Crippen molar-refractivity contribution in [3.05, 3.63) is 64.1 Å². The van der Waals surface area contributed by atoms with E-state index in [0.29, 0.717) is 35.1 Å². The highest BCUT2D eigenvalue weighted by Gasteiger charge is 2.28. The average Bonchev–Trinajstić information content (AvgIpc) is 2.73. The van der Waals surface area contributed by atoms with Crippen molar-refractivity contribution in [3.8, 4) is 5.75 Å². The van der Waals surface area contributed by atoms with Crippen LogP contribution >= 0.6 is 23.2 Å². The first-order valence-electron chi connectivity index (χ1n) is 9.59. The van der Waals surface area contributed by atoms with Gasteiger partial charge in [0.05, 0.1) is 6.61 Å². The summed E-state index contributed by atoms with van der Waals surface area (Å²) < 4.78 is 5.66. The summed E-state index contributed by atoms with van der Waals surface area (Å²) in [5.41, 5.74) is 0.632. The van der Waals surface area contributed by atoms with Gasteiger partial charge in [-0.1, -0.05) is 54.4 Å². The standard InChI is InChI=1S/C22H26Cl2N2O3/c1-3-20(22(28)25-2)26(15-17-18(23)11-7-12-19(17)24)21(27)13-8-14-29-16-9-5-4-6-10-16/h4-7,9-12,20H,3,8,13-15H2,1-2H3,(H,25,28)/t20-/m1/s1. The second-order valence-corrected chi connectivity index (χ2v) is 7.34. The van der Waals surface area contributed by atoms with Crippen molar-refractivity contribution in [2.75, 3.05) is 13.7 Å². The smallest absolute Gasteiger partial charge is 0.242 e. The third-order valence-electron chi connectivity index (χ3n) is 4.57. The Balaban J connectivity index is 2.09. The molecule has 156 valence electrons. The highest BCUT2D eigenvalue weighted by Crippen LogP contribution is 2.27. The number of carbonyl (C=O) groups excluding carboxylic acids is 2. The zero-order chi connectivity index (χ0) is 21.2. The van der Waals surface area contributed by atoms with Crippen LogP contribution in [-0.4, -0.2) is 36.4 Å². The predicted octanol–water partition coefficient (Wildman–Crippen LogP) is 4.71. The summed E-state index contributed by atoms with van der Waals surface area (Å²) in [6.07, 6.45) is 1.26. The lowest BCUT2D eigenvalue weighted by Crippen LogP contribution is -2.48. The van der Waals surface area contributed by atoms with E-state index in [9.17, 15) is 9.59 Å². The van der Waals surface area contributed by atoms with E-state index in [0.717, 1.165) is 5.75 Å². The molecule has 1 N–H and O–H groups in total. The Kier molecular flexibility index (Phi) is 9.29. The fourth-order valence-electron chi connectivity index (χ4n) is 3.01. The second-order valence-electron chi connectivity index (χ2n) is 6.53. The van der Waals surface area contributed by atoms with Crippen LogP contribution in [0.4, 0.5) is 0 Å². The van der Waals surface area contributed by atoms with Crippen molar-refractivity contribution in [1.82, 2.24) is 10.2 Å². The first kappa shape index (κ1) is 23.0. The molecule has 0 spiro atoms. The summed E-state index contributed by atoms with van der Waals surface area (Å²) in [5, 5.41) is 3.57. The average molecular weight is 437 g/mol. The molecule has 0 fully saturated rings. The molecule has 1 atom stereocenters. The summed E-state index contributed by atoms with van der Waals surface area (Å²) in [7, 11) is 1.56. The number of nitrogens with one attached hydrogen (secondary N) is 1. The number of amides is 2. The highest BCUT2D eigenvalue weighted by atomic mass is 35.5. The second kappa shape index (κ2) is 11.7. The molecule has 0 aliphatic heterocycles. The Labute approximate surface area is 181 Å². The van der Waals surface area contributed by atoms with Gasteiger partial charge < -0.3 is 15.0 Å². The molecule has 2 amide bonds. The summed E-state index contributed by atoms with van der Waals surface area (Å²) in [5.74, 6) is 0.397. The maximum absolute atomic E-state index is 13.0. The maximum atomic E-state index is 13.0. The molecule has 2 aromatic rings. The largest absolute Gasteiger partial charge is 0.494 e. The minimum Gasteiger partial charge on any atom is -0.494 e. The van der Waals surface area contributed by atoms with Crippen LogP contribution in [0.25, 0.3) is 0 Å². The van der Waals surface area contributed by atoms with Crippen LogP contribution in [0.1, 0.15) is 31.7 Å². The van der Waals surface area contributed by atoms with Gasteiger partial charge in [-0.25, -0.2) is 0 Å². The lowest BCUT2D eigenvalue weighted by atomic mass is 10.1. The first-order valence-corrected chi connectivity index (χ1v) is 10.3. The molecular weight excluding hydrogens is 411 g/mol. The van der Waals surface area contributed by atoms with Crippen LogP contribution in [0.5, 0.6) is 5.75 Å². The van der Waals surface area contributed by atoms with Gasteiger partial charge in [0.2, 0.25) is 11.8 Å². The van der Waals surface area contributed by atoms with Crippen LogP contribution < -0.4 is 10.1 Å². The number of carbonyl (C=O) groups is 2. The van der Waals surface area contributed by atoms with E-state index in [1.54, 1.807) is 30.1 Å². The van der Waals surface area contributed by atoms with Gasteiger partial charge in [-0.15, -0.1) is 0 Å². The van der Waals surface area contributed by atoms with Gasteiger partial charge in [-0.2, -0.15) is 0 Å². The molecule has 5 nitrogen and oxygen atoms in total. The summed E-state index contributed by atoms with van der Waals surface area (Å²) in [4.78, 5) is 26.9. The van der Waals surface area contributed by atoms with Crippen molar-refractivity contribution in [2.24, 2.45) is 0 Å². The SMILES string of the molecule is CC[C@H](C(=O)NC)N(Cc1c(Cl)cccc1Cl)C(=O)CCCOc1ccccc1. The number of rotatable bonds is 10. The van der Waals surface area contributed by atoms with Crippen molar-refractivity contribution in [2.45, 2.75) is 38.8 Å². The molecule has 0 bridgehead atoms. The molecule has 0 aliphatic carbocycles. The fourth-order valence-corrected chi connectivity index (χ4v) is 3.53. The molecule has 0 heterocycles. The Morgan fingerprint density at radius 3 is 2.31 bits per heavy atom. The highest BCUT2D eigenvalue weighted by molar-refractivity contribution is 6.36. The van der Waals surface area contributed by atoms with Gasteiger partial charge in [-0.3, -0.25) is 9.59 Å². The monoisotopic (exact) mass is 436 g/mol. The topological polar surface area (TPSA) is 58.6 Å². The first-order chi connectivity index (χ1) is 14.0. The minimum absolute atomic E-state index is 0.145. The van der Waals surface area contributed by atoms with Gasteiger partial charge in [0.15, 0.2) is 0 Å². The number of hydrogen-bond donors (Lipinski definition) is 1. The Morgan fingerprint density at radius 2 is 1.72 bits per heavy atom. The van der Waals surface area contributed by atoms with Gasteiger partial charge in [0.1, 0.15) is 11.8 Å². The number of nitrogens with zero attached hydrogens (tertiary/aromatic N) is 1. The molecule has 2 rings (SSSR count). The molecule has 0 saturated carbocycles. The third kappa shape index (κ3) is 6.65. The van der Waals surface area contributed by atoms with E-state index in [4.69, 9.17) is 27.9 Å². The Bertz CT molecular complexity index is 795. The summed E-state index contributed by atoms with van der Waals surface area (Å²) >= 11 is 12.6. The lowest BCUT2D eigenvalue weighted by Gasteiger charge is -2.31. The van der Waals surface area contributed by atoms with Gasteiger partial charge in [-0.05, 0) is 37.1 Å². The molecule has 0 saturated heterocycles. The zero-order valence-electron chi connectivity index (χ0n) is 16.7. The van der Waals surface area contributed by atoms with E-state index in [1.165, 1.54) is 0 Å². The molecule has 0 aliphatic rings. The maximum Gasteiger partial charge on any atom is 0.242 e. The van der Waals surface area contributed by atoms with Gasteiger partial charge in [0, 0.05) is 35.6 Å². The molecule has 2 aromatic carbocycles. The van der Waals surface area contributed by atoms with Crippen LogP contribution in [0.3, 0.4) is 0 Å². The number of benzene rings is 2. The number of likely N-dealkylation sites (N-methyl/N-ethyl adjacent to an activating group) is 1. The van der Waals surface area contributed by atoms with E-state index in [2.05, 4.69) is 5.32 Å². The number of para-hydroxylation sites is 1. The van der Waals surface area contributed by atoms with E-state index in [-0.39, 0.29) is 24.8 Å². The van der Waals surface area contributed by atoms with E-state index >= 15 is 0 Å². The molecular formula is C22H26Cl2N2O3. The van der Waals surface area contributed by atoms with Crippen molar-refractivity contribution < 1.29 is 14.3 Å². The molecule has 29 heavy (non-hydrogen) atoms. The van der Waals surface area contributed by atoms with E-state index < -0.39 is 6.04 Å². The third-order valence-corrected chi connectivity index (χ3v) is 5.28. The molecule has 0 radical (unpaired) electrons. The van der Waals surface area contributed by atoms with Crippen molar-refractivity contribution >= 4 is 35.0 Å². The van der Waals surface area contributed by atoms with Crippen molar-refractivity contribution in [1.29, 1.82) is 0 Å².